The van der Waals surface area contributed by atoms with Crippen LogP contribution in [-0.2, 0) is 9.53 Å². The van der Waals surface area contributed by atoms with Gasteiger partial charge in [0.05, 0.1) is 12.7 Å². The highest BCUT2D eigenvalue weighted by Gasteiger charge is 2.23. The summed E-state index contributed by atoms with van der Waals surface area (Å²) in [6, 6.07) is -0.177. The molecule has 1 N–H and O–H groups in total. The van der Waals surface area contributed by atoms with Crippen molar-refractivity contribution >= 4 is 5.97 Å². The van der Waals surface area contributed by atoms with Crippen molar-refractivity contribution in [2.45, 2.75) is 52.2 Å². The molecular formula is C12H25NO3. The number of nitrogens with zero attached hydrogens (tertiary/aromatic N) is 1. The quantitative estimate of drug-likeness (QED) is 0.642. The number of hydrogen-bond acceptors (Lipinski definition) is 4. The van der Waals surface area contributed by atoms with E-state index in [-0.39, 0.29) is 18.1 Å². The van der Waals surface area contributed by atoms with E-state index in [9.17, 15) is 9.90 Å². The molecule has 0 aromatic rings. The van der Waals surface area contributed by atoms with Crippen LogP contribution in [0.3, 0.4) is 0 Å². The number of likely N-dealkylation sites (N-methyl/N-ethyl adjacent to an activating group) is 1. The van der Waals surface area contributed by atoms with E-state index >= 15 is 0 Å². The topological polar surface area (TPSA) is 49.8 Å². The highest BCUT2D eigenvalue weighted by Crippen LogP contribution is 2.08. The van der Waals surface area contributed by atoms with Crippen LogP contribution in [0.25, 0.3) is 0 Å². The van der Waals surface area contributed by atoms with Gasteiger partial charge in [-0.25, -0.2) is 0 Å². The third kappa shape index (κ3) is 6.08. The normalized spacial score (nSPS) is 14.9. The van der Waals surface area contributed by atoms with E-state index in [4.69, 9.17) is 4.74 Å². The minimum atomic E-state index is -0.327. The molecule has 0 amide bonds. The molecule has 0 aliphatic carbocycles. The van der Waals surface area contributed by atoms with Crippen molar-refractivity contribution in [1.29, 1.82) is 0 Å². The first-order valence-corrected chi connectivity index (χ1v) is 6.07. The first-order valence-electron chi connectivity index (χ1n) is 6.07. The fourth-order valence-corrected chi connectivity index (χ4v) is 1.58. The molecule has 0 aliphatic heterocycles. The van der Waals surface area contributed by atoms with E-state index in [0.717, 1.165) is 12.8 Å². The van der Waals surface area contributed by atoms with Crippen LogP contribution in [0.4, 0.5) is 0 Å². The van der Waals surface area contributed by atoms with Gasteiger partial charge in [0.2, 0.25) is 0 Å². The second kappa shape index (κ2) is 8.53. The zero-order valence-electron chi connectivity index (χ0n) is 10.9. The summed E-state index contributed by atoms with van der Waals surface area (Å²) in [5, 5.41) is 9.21. The molecule has 2 atom stereocenters. The van der Waals surface area contributed by atoms with Gasteiger partial charge in [-0.1, -0.05) is 13.3 Å². The summed E-state index contributed by atoms with van der Waals surface area (Å²) in [4.78, 5) is 13.7. The van der Waals surface area contributed by atoms with Crippen molar-refractivity contribution in [3.05, 3.63) is 0 Å². The Balaban J connectivity index is 4.22. The van der Waals surface area contributed by atoms with Gasteiger partial charge in [-0.2, -0.15) is 0 Å². The summed E-state index contributed by atoms with van der Waals surface area (Å²) in [6.45, 7) is 6.75. The van der Waals surface area contributed by atoms with Gasteiger partial charge in [-0.15, -0.1) is 0 Å². The minimum Gasteiger partial charge on any atom is -0.465 e. The van der Waals surface area contributed by atoms with Crippen LogP contribution < -0.4 is 0 Å². The van der Waals surface area contributed by atoms with Crippen molar-refractivity contribution in [2.75, 3.05) is 20.2 Å². The Morgan fingerprint density at radius 2 is 2.00 bits per heavy atom. The molecule has 0 saturated carbocycles. The lowest BCUT2D eigenvalue weighted by molar-refractivity contribution is -0.149. The average Bonchev–Trinajstić information content (AvgIpc) is 2.22. The molecular weight excluding hydrogens is 206 g/mol. The smallest absolute Gasteiger partial charge is 0.323 e. The van der Waals surface area contributed by atoms with Crippen LogP contribution in [0.5, 0.6) is 0 Å². The molecule has 0 spiro atoms. The maximum atomic E-state index is 11.7. The summed E-state index contributed by atoms with van der Waals surface area (Å²) in [5.41, 5.74) is 0. The van der Waals surface area contributed by atoms with Crippen LogP contribution in [0.2, 0.25) is 0 Å². The molecule has 16 heavy (non-hydrogen) atoms. The molecule has 96 valence electrons. The number of esters is 1. The first-order chi connectivity index (χ1) is 7.52. The molecule has 2 unspecified atom stereocenters. The molecule has 0 bridgehead atoms. The lowest BCUT2D eigenvalue weighted by Crippen LogP contribution is -2.40. The predicted octanol–water partition coefficient (Wildman–Crippen LogP) is 1.42. The Labute approximate surface area is 98.6 Å². The lowest BCUT2D eigenvalue weighted by Gasteiger charge is -2.26. The third-order valence-electron chi connectivity index (χ3n) is 2.55. The van der Waals surface area contributed by atoms with E-state index < -0.39 is 0 Å². The summed E-state index contributed by atoms with van der Waals surface area (Å²) in [6.07, 6.45) is 2.10. The maximum Gasteiger partial charge on any atom is 0.323 e. The van der Waals surface area contributed by atoms with Crippen molar-refractivity contribution in [2.24, 2.45) is 0 Å². The molecule has 0 radical (unpaired) electrons. The van der Waals surface area contributed by atoms with Crippen molar-refractivity contribution in [3.8, 4) is 0 Å². The summed E-state index contributed by atoms with van der Waals surface area (Å²) in [5.74, 6) is -0.155. The molecule has 0 fully saturated rings. The van der Waals surface area contributed by atoms with Crippen molar-refractivity contribution in [3.63, 3.8) is 0 Å². The van der Waals surface area contributed by atoms with E-state index in [1.54, 1.807) is 6.92 Å². The first kappa shape index (κ1) is 15.4. The Hall–Kier alpha value is -0.610. The van der Waals surface area contributed by atoms with Crippen LogP contribution >= 0.6 is 0 Å². The molecule has 0 saturated heterocycles. The second-order valence-electron chi connectivity index (χ2n) is 4.17. The van der Waals surface area contributed by atoms with Crippen LogP contribution in [-0.4, -0.2) is 48.3 Å². The lowest BCUT2D eigenvalue weighted by atomic mass is 10.1. The number of aliphatic hydroxyl groups is 1. The van der Waals surface area contributed by atoms with Gasteiger partial charge >= 0.3 is 5.97 Å². The van der Waals surface area contributed by atoms with Crippen molar-refractivity contribution in [1.82, 2.24) is 4.90 Å². The van der Waals surface area contributed by atoms with Gasteiger partial charge in [0.25, 0.3) is 0 Å². The molecule has 4 nitrogen and oxygen atoms in total. The number of ether oxygens (including phenoxy) is 1. The molecule has 4 heteroatoms. The van der Waals surface area contributed by atoms with Gasteiger partial charge < -0.3 is 9.84 Å². The Kier molecular flexibility index (Phi) is 8.21. The molecule has 0 rings (SSSR count). The highest BCUT2D eigenvalue weighted by molar-refractivity contribution is 5.75. The Bertz CT molecular complexity index is 195. The number of carbonyl (C=O) groups excluding carboxylic acids is 1. The van der Waals surface area contributed by atoms with Crippen LogP contribution in [0.15, 0.2) is 0 Å². The average molecular weight is 231 g/mol. The van der Waals surface area contributed by atoms with Crippen LogP contribution in [0, 0.1) is 0 Å². The van der Waals surface area contributed by atoms with Gasteiger partial charge in [-0.05, 0) is 33.7 Å². The summed E-state index contributed by atoms with van der Waals surface area (Å²) in [7, 11) is 1.90. The maximum absolute atomic E-state index is 11.7. The second-order valence-corrected chi connectivity index (χ2v) is 4.17. The number of carbonyl (C=O) groups is 1. The number of hydrogen-bond donors (Lipinski definition) is 1. The van der Waals surface area contributed by atoms with E-state index in [0.29, 0.717) is 19.6 Å². The van der Waals surface area contributed by atoms with E-state index in [2.05, 4.69) is 6.92 Å². The van der Waals surface area contributed by atoms with Gasteiger partial charge in [0, 0.05) is 6.54 Å². The molecule has 0 aromatic heterocycles. The SMILES string of the molecule is CCCC(C(=O)OCC)N(C)CCC(C)O. The highest BCUT2D eigenvalue weighted by atomic mass is 16.5. The van der Waals surface area contributed by atoms with E-state index in [1.807, 2.05) is 18.9 Å². The minimum absolute atomic E-state index is 0.155. The third-order valence-corrected chi connectivity index (χ3v) is 2.55. The van der Waals surface area contributed by atoms with Crippen molar-refractivity contribution < 1.29 is 14.6 Å². The van der Waals surface area contributed by atoms with Gasteiger partial charge in [0.1, 0.15) is 6.04 Å². The zero-order valence-corrected chi connectivity index (χ0v) is 10.9. The molecule has 0 heterocycles. The molecule has 0 aromatic carbocycles. The number of rotatable bonds is 8. The zero-order chi connectivity index (χ0) is 12.6. The fourth-order valence-electron chi connectivity index (χ4n) is 1.58. The van der Waals surface area contributed by atoms with Gasteiger partial charge in [0.15, 0.2) is 0 Å². The molecule has 0 aliphatic rings. The van der Waals surface area contributed by atoms with E-state index in [1.165, 1.54) is 0 Å². The van der Waals surface area contributed by atoms with Gasteiger partial charge in [-0.3, -0.25) is 9.69 Å². The van der Waals surface area contributed by atoms with Crippen LogP contribution in [0.1, 0.15) is 40.0 Å². The number of aliphatic hydroxyl groups excluding tert-OH is 1. The Morgan fingerprint density at radius 3 is 2.44 bits per heavy atom. The summed E-state index contributed by atoms with van der Waals surface area (Å²) >= 11 is 0. The largest absolute Gasteiger partial charge is 0.465 e. The summed E-state index contributed by atoms with van der Waals surface area (Å²) < 4.78 is 5.04. The fraction of sp³-hybridized carbons (Fsp3) is 0.917. The Morgan fingerprint density at radius 1 is 1.38 bits per heavy atom. The monoisotopic (exact) mass is 231 g/mol. The predicted molar refractivity (Wildman–Crippen MR) is 64.3 cm³/mol. The standard InChI is InChI=1S/C12H25NO3/c1-5-7-11(12(15)16-6-2)13(4)9-8-10(3)14/h10-11,14H,5-9H2,1-4H3.